The molecular weight excluding hydrogens is 337 g/mol. The second-order valence-electron chi connectivity index (χ2n) is 5.95. The Balaban J connectivity index is 1.70. The van der Waals surface area contributed by atoms with Gasteiger partial charge in [-0.2, -0.15) is 27.8 Å². The summed E-state index contributed by atoms with van der Waals surface area (Å²) in [5.41, 5.74) is -1.02. The highest BCUT2D eigenvalue weighted by molar-refractivity contribution is 5.46. The van der Waals surface area contributed by atoms with Gasteiger partial charge in [-0.3, -0.25) is 0 Å². The zero-order valence-electron chi connectivity index (χ0n) is 13.3. The lowest BCUT2D eigenvalue weighted by Crippen LogP contribution is -2.20. The maximum atomic E-state index is 13.1. The Labute approximate surface area is 140 Å². The van der Waals surface area contributed by atoms with E-state index in [9.17, 15) is 13.2 Å². The summed E-state index contributed by atoms with van der Waals surface area (Å²) in [7, 11) is 0. The number of fused-ring (bicyclic) bond motifs is 2. The summed E-state index contributed by atoms with van der Waals surface area (Å²) in [6, 6.07) is 0.571. The first-order valence-corrected chi connectivity index (χ1v) is 7.90. The highest BCUT2D eigenvalue weighted by atomic mass is 19.4. The lowest BCUT2D eigenvalue weighted by molar-refractivity contribution is -0.141. The number of anilines is 1. The third-order valence-electron chi connectivity index (χ3n) is 4.18. The summed E-state index contributed by atoms with van der Waals surface area (Å²) in [5.74, 6) is 1.63. The van der Waals surface area contributed by atoms with E-state index in [1.807, 2.05) is 11.5 Å². The standard InChI is InChI=1S/C14H15F3N8/c1-8(12-23-22-10-4-2-3-5-24(10)12)20-11-6-9(14(15,16)17)21-13-18-7-19-25(11)13/h6-8,20H,2-5H2,1H3. The topological polar surface area (TPSA) is 85.8 Å². The van der Waals surface area contributed by atoms with Crippen LogP contribution in [-0.2, 0) is 19.1 Å². The van der Waals surface area contributed by atoms with Crippen LogP contribution < -0.4 is 5.32 Å². The molecule has 0 aromatic carbocycles. The van der Waals surface area contributed by atoms with Crippen LogP contribution in [0.1, 0.15) is 43.1 Å². The van der Waals surface area contributed by atoms with Crippen LogP contribution in [0.25, 0.3) is 5.78 Å². The van der Waals surface area contributed by atoms with E-state index < -0.39 is 11.9 Å². The SMILES string of the molecule is CC(Nc1cc(C(F)(F)F)nc2ncnn12)c1nnc2n1CCCC2. The van der Waals surface area contributed by atoms with Gasteiger partial charge in [-0.1, -0.05) is 0 Å². The van der Waals surface area contributed by atoms with Crippen molar-refractivity contribution in [1.29, 1.82) is 0 Å². The summed E-state index contributed by atoms with van der Waals surface area (Å²) in [6.45, 7) is 2.63. The predicted molar refractivity (Wildman–Crippen MR) is 80.8 cm³/mol. The van der Waals surface area contributed by atoms with E-state index in [1.54, 1.807) is 0 Å². The molecule has 1 aliphatic heterocycles. The van der Waals surface area contributed by atoms with Crippen LogP contribution in [0, 0.1) is 0 Å². The van der Waals surface area contributed by atoms with Gasteiger partial charge in [0.1, 0.15) is 18.0 Å². The van der Waals surface area contributed by atoms with Gasteiger partial charge in [0.15, 0.2) is 11.5 Å². The first-order valence-electron chi connectivity index (χ1n) is 7.90. The molecule has 0 fully saturated rings. The van der Waals surface area contributed by atoms with Crippen molar-refractivity contribution in [3.63, 3.8) is 0 Å². The van der Waals surface area contributed by atoms with Crippen molar-refractivity contribution < 1.29 is 13.2 Å². The molecule has 3 aromatic heterocycles. The molecular formula is C14H15F3N8. The summed E-state index contributed by atoms with van der Waals surface area (Å²) in [5, 5.41) is 15.3. The normalized spacial score (nSPS) is 16.0. The highest BCUT2D eigenvalue weighted by Crippen LogP contribution is 2.30. The quantitative estimate of drug-likeness (QED) is 0.778. The van der Waals surface area contributed by atoms with Gasteiger partial charge in [-0.05, 0) is 19.8 Å². The first kappa shape index (κ1) is 15.8. The molecule has 0 radical (unpaired) electrons. The molecule has 1 atom stereocenters. The average molecular weight is 352 g/mol. The van der Waals surface area contributed by atoms with Crippen molar-refractivity contribution in [2.75, 3.05) is 5.32 Å². The molecule has 0 bridgehead atoms. The van der Waals surface area contributed by atoms with E-state index in [4.69, 9.17) is 0 Å². The molecule has 8 nitrogen and oxygen atoms in total. The minimum absolute atomic E-state index is 0.118. The Morgan fingerprint density at radius 2 is 2.08 bits per heavy atom. The molecule has 0 aliphatic carbocycles. The number of rotatable bonds is 3. The minimum Gasteiger partial charge on any atom is -0.360 e. The number of nitrogens with one attached hydrogen (secondary N) is 1. The maximum Gasteiger partial charge on any atom is 0.433 e. The maximum absolute atomic E-state index is 13.1. The van der Waals surface area contributed by atoms with Crippen LogP contribution in [-0.4, -0.2) is 34.3 Å². The molecule has 0 amide bonds. The second kappa shape index (κ2) is 5.67. The van der Waals surface area contributed by atoms with Gasteiger partial charge in [0.05, 0.1) is 6.04 Å². The van der Waals surface area contributed by atoms with Crippen LogP contribution >= 0.6 is 0 Å². The Bertz CT molecular complexity index is 913. The van der Waals surface area contributed by atoms with Crippen molar-refractivity contribution in [3.8, 4) is 0 Å². The second-order valence-corrected chi connectivity index (χ2v) is 5.95. The van der Waals surface area contributed by atoms with E-state index >= 15 is 0 Å². The largest absolute Gasteiger partial charge is 0.433 e. The molecule has 1 N–H and O–H groups in total. The molecule has 3 aromatic rings. The third-order valence-corrected chi connectivity index (χ3v) is 4.18. The monoisotopic (exact) mass is 352 g/mol. The van der Waals surface area contributed by atoms with Crippen LogP contribution in [0.3, 0.4) is 0 Å². The van der Waals surface area contributed by atoms with Crippen molar-refractivity contribution in [1.82, 2.24) is 34.3 Å². The summed E-state index contributed by atoms with van der Waals surface area (Å²) < 4.78 is 42.4. The van der Waals surface area contributed by atoms with E-state index in [2.05, 4.69) is 30.6 Å². The van der Waals surface area contributed by atoms with Gasteiger partial charge in [-0.25, -0.2) is 4.98 Å². The lowest BCUT2D eigenvalue weighted by atomic mass is 10.1. The zero-order chi connectivity index (χ0) is 17.6. The summed E-state index contributed by atoms with van der Waals surface area (Å²) in [6.07, 6.45) is -0.441. The number of hydrogen-bond acceptors (Lipinski definition) is 6. The van der Waals surface area contributed by atoms with Crippen molar-refractivity contribution >= 4 is 11.6 Å². The number of alkyl halides is 3. The fourth-order valence-corrected chi connectivity index (χ4v) is 3.00. The smallest absolute Gasteiger partial charge is 0.360 e. The summed E-state index contributed by atoms with van der Waals surface area (Å²) in [4.78, 5) is 7.26. The fraction of sp³-hybridized carbons (Fsp3) is 0.500. The van der Waals surface area contributed by atoms with Crippen molar-refractivity contribution in [3.05, 3.63) is 29.7 Å². The lowest BCUT2D eigenvalue weighted by Gasteiger charge is -2.20. The van der Waals surface area contributed by atoms with Gasteiger partial charge in [0.25, 0.3) is 5.78 Å². The molecule has 132 valence electrons. The average Bonchev–Trinajstić information content (AvgIpc) is 3.20. The van der Waals surface area contributed by atoms with E-state index in [0.717, 1.165) is 44.0 Å². The Morgan fingerprint density at radius 3 is 2.88 bits per heavy atom. The predicted octanol–water partition coefficient (Wildman–Crippen LogP) is 2.24. The molecule has 25 heavy (non-hydrogen) atoms. The molecule has 1 aliphatic rings. The number of halogens is 3. The van der Waals surface area contributed by atoms with Crippen LogP contribution in [0.15, 0.2) is 12.4 Å². The molecule has 4 rings (SSSR count). The van der Waals surface area contributed by atoms with E-state index in [0.29, 0.717) is 5.82 Å². The van der Waals surface area contributed by atoms with E-state index in [-0.39, 0.29) is 17.6 Å². The fourth-order valence-electron chi connectivity index (χ4n) is 3.00. The van der Waals surface area contributed by atoms with Crippen LogP contribution in [0.2, 0.25) is 0 Å². The van der Waals surface area contributed by atoms with Crippen molar-refractivity contribution in [2.24, 2.45) is 0 Å². The molecule has 4 heterocycles. The van der Waals surface area contributed by atoms with E-state index in [1.165, 1.54) is 4.52 Å². The molecule has 1 unspecified atom stereocenters. The number of nitrogens with zero attached hydrogens (tertiary/aromatic N) is 7. The van der Waals surface area contributed by atoms with Gasteiger partial charge in [-0.15, -0.1) is 10.2 Å². The Morgan fingerprint density at radius 1 is 1.24 bits per heavy atom. The minimum atomic E-state index is -4.57. The van der Waals surface area contributed by atoms with Crippen LogP contribution in [0.5, 0.6) is 0 Å². The highest BCUT2D eigenvalue weighted by Gasteiger charge is 2.34. The number of hydrogen-bond donors (Lipinski definition) is 1. The molecule has 0 saturated heterocycles. The van der Waals surface area contributed by atoms with Crippen molar-refractivity contribution in [2.45, 2.75) is 44.9 Å². The first-order chi connectivity index (χ1) is 11.9. The number of aromatic nitrogens is 7. The van der Waals surface area contributed by atoms with Crippen LogP contribution in [0.4, 0.5) is 19.0 Å². The summed E-state index contributed by atoms with van der Waals surface area (Å²) >= 11 is 0. The third kappa shape index (κ3) is 2.79. The van der Waals surface area contributed by atoms with Gasteiger partial charge in [0.2, 0.25) is 0 Å². The Kier molecular flexibility index (Phi) is 3.58. The molecule has 0 saturated carbocycles. The number of aryl methyl sites for hydroxylation is 1. The Hall–Kier alpha value is -2.72. The van der Waals surface area contributed by atoms with Gasteiger partial charge in [0, 0.05) is 19.0 Å². The van der Waals surface area contributed by atoms with Gasteiger partial charge >= 0.3 is 6.18 Å². The van der Waals surface area contributed by atoms with Gasteiger partial charge < -0.3 is 9.88 Å². The molecule has 11 heteroatoms. The molecule has 0 spiro atoms. The zero-order valence-corrected chi connectivity index (χ0v) is 13.3.